The van der Waals surface area contributed by atoms with Crippen molar-refractivity contribution < 1.29 is 19.1 Å². The summed E-state index contributed by atoms with van der Waals surface area (Å²) in [5.41, 5.74) is 2.49. The number of nitrogens with zero attached hydrogens (tertiary/aromatic N) is 1. The Bertz CT molecular complexity index is 936. The van der Waals surface area contributed by atoms with Crippen molar-refractivity contribution in [1.82, 2.24) is 5.32 Å². The van der Waals surface area contributed by atoms with E-state index in [9.17, 15) is 14.4 Å². The number of rotatable bonds is 10. The number of amides is 2. The molecule has 1 heterocycles. The molecule has 1 aliphatic heterocycles. The van der Waals surface area contributed by atoms with Crippen molar-refractivity contribution in [2.45, 2.75) is 45.6 Å². The molecule has 7 heteroatoms. The molecule has 1 aliphatic rings. The zero-order chi connectivity index (χ0) is 22.9. The Hall–Kier alpha value is -3.35. The van der Waals surface area contributed by atoms with E-state index < -0.39 is 0 Å². The first-order chi connectivity index (χ1) is 15.4. The van der Waals surface area contributed by atoms with Gasteiger partial charge in [-0.1, -0.05) is 13.0 Å². The van der Waals surface area contributed by atoms with Gasteiger partial charge in [0.2, 0.25) is 5.91 Å². The maximum Gasteiger partial charge on any atom is 0.258 e. The molecule has 7 nitrogen and oxygen atoms in total. The number of hydrogen-bond acceptors (Lipinski definition) is 5. The van der Waals surface area contributed by atoms with Crippen LogP contribution in [0.5, 0.6) is 5.75 Å². The second kappa shape index (κ2) is 11.3. The fourth-order valence-corrected chi connectivity index (χ4v) is 3.70. The van der Waals surface area contributed by atoms with E-state index in [-0.39, 0.29) is 36.7 Å². The summed E-state index contributed by atoms with van der Waals surface area (Å²) in [6.07, 6.45) is 2.99. The molecule has 0 bridgehead atoms. The minimum atomic E-state index is -0.336. The number of Topliss-reactive ketones (excluding diaryl/α,β-unsaturated/α-hetero) is 1. The fraction of sp³-hybridized carbons (Fsp3) is 0.400. The van der Waals surface area contributed by atoms with Crippen LogP contribution in [-0.2, 0) is 9.59 Å². The number of ether oxygens (including phenoxy) is 1. The Morgan fingerprint density at radius 1 is 1.03 bits per heavy atom. The van der Waals surface area contributed by atoms with Crippen molar-refractivity contribution in [2.24, 2.45) is 0 Å². The van der Waals surface area contributed by atoms with Crippen LogP contribution in [0.15, 0.2) is 48.5 Å². The van der Waals surface area contributed by atoms with E-state index in [4.69, 9.17) is 4.74 Å². The monoisotopic (exact) mass is 437 g/mol. The van der Waals surface area contributed by atoms with Gasteiger partial charge in [-0.2, -0.15) is 0 Å². The van der Waals surface area contributed by atoms with E-state index in [2.05, 4.69) is 21.6 Å². The molecule has 2 N–H and O–H groups in total. The normalized spacial score (nSPS) is 14.0. The summed E-state index contributed by atoms with van der Waals surface area (Å²) in [6, 6.07) is 14.2. The van der Waals surface area contributed by atoms with Crippen molar-refractivity contribution in [3.8, 4) is 5.75 Å². The zero-order valence-corrected chi connectivity index (χ0v) is 18.7. The van der Waals surface area contributed by atoms with E-state index in [0.29, 0.717) is 17.7 Å². The largest absolute Gasteiger partial charge is 0.484 e. The van der Waals surface area contributed by atoms with E-state index in [0.717, 1.165) is 24.5 Å². The van der Waals surface area contributed by atoms with Crippen LogP contribution in [0, 0.1) is 0 Å². The molecule has 0 radical (unpaired) electrons. The molecule has 2 aromatic carbocycles. The quantitative estimate of drug-likeness (QED) is 0.552. The number of ketones is 1. The van der Waals surface area contributed by atoms with Crippen molar-refractivity contribution in [3.05, 3.63) is 54.1 Å². The predicted molar refractivity (Wildman–Crippen MR) is 125 cm³/mol. The van der Waals surface area contributed by atoms with Crippen LogP contribution in [0.4, 0.5) is 11.4 Å². The van der Waals surface area contributed by atoms with Gasteiger partial charge in [0.05, 0.1) is 0 Å². The van der Waals surface area contributed by atoms with Crippen LogP contribution in [0.1, 0.15) is 49.9 Å². The van der Waals surface area contributed by atoms with E-state index in [1.807, 2.05) is 25.1 Å². The van der Waals surface area contributed by atoms with Crippen molar-refractivity contribution in [1.29, 1.82) is 0 Å². The van der Waals surface area contributed by atoms with Crippen LogP contribution in [0.2, 0.25) is 0 Å². The Kier molecular flexibility index (Phi) is 8.25. The third-order valence-corrected chi connectivity index (χ3v) is 5.37. The van der Waals surface area contributed by atoms with Gasteiger partial charge in [-0.05, 0) is 62.2 Å². The van der Waals surface area contributed by atoms with Gasteiger partial charge in [-0.25, -0.2) is 0 Å². The standard InChI is InChI=1S/C25H31N3O4/c1-3-23(29)19-9-11-22(12-10-19)32-17-25(31)26-18(2)15-24(30)27-20-7-6-8-21(16-20)28-13-4-5-14-28/h6-12,16,18H,3-5,13-15,17H2,1-2H3,(H,26,31)(H,27,30). The first-order valence-electron chi connectivity index (χ1n) is 11.1. The number of hydrogen-bond donors (Lipinski definition) is 2. The van der Waals surface area contributed by atoms with Crippen LogP contribution >= 0.6 is 0 Å². The molecule has 0 saturated carbocycles. The Balaban J connectivity index is 1.41. The van der Waals surface area contributed by atoms with Crippen molar-refractivity contribution in [2.75, 3.05) is 29.9 Å². The molecule has 0 spiro atoms. The second-order valence-electron chi connectivity index (χ2n) is 8.06. The molecule has 2 amide bonds. The maximum absolute atomic E-state index is 12.4. The van der Waals surface area contributed by atoms with Gasteiger partial charge in [-0.15, -0.1) is 0 Å². The SMILES string of the molecule is CCC(=O)c1ccc(OCC(=O)NC(C)CC(=O)Nc2cccc(N3CCCC3)c2)cc1. The van der Waals surface area contributed by atoms with E-state index >= 15 is 0 Å². The number of anilines is 2. The maximum atomic E-state index is 12.4. The fourth-order valence-electron chi connectivity index (χ4n) is 3.70. The molecule has 3 rings (SSSR count). The van der Waals surface area contributed by atoms with Gasteiger partial charge in [0, 0.05) is 48.9 Å². The summed E-state index contributed by atoms with van der Waals surface area (Å²) in [6.45, 7) is 5.52. The summed E-state index contributed by atoms with van der Waals surface area (Å²) in [4.78, 5) is 38.5. The van der Waals surface area contributed by atoms with Crippen LogP contribution in [-0.4, -0.2) is 43.3 Å². The summed E-state index contributed by atoms with van der Waals surface area (Å²) >= 11 is 0. The van der Waals surface area contributed by atoms with Gasteiger partial charge in [0.1, 0.15) is 5.75 Å². The third kappa shape index (κ3) is 6.83. The van der Waals surface area contributed by atoms with Gasteiger partial charge >= 0.3 is 0 Å². The number of carbonyl (C=O) groups excluding carboxylic acids is 3. The zero-order valence-electron chi connectivity index (χ0n) is 18.7. The van der Waals surface area contributed by atoms with Crippen molar-refractivity contribution in [3.63, 3.8) is 0 Å². The molecule has 0 aliphatic carbocycles. The Morgan fingerprint density at radius 3 is 2.44 bits per heavy atom. The molecule has 1 atom stereocenters. The molecule has 0 aromatic heterocycles. The Labute approximate surface area is 189 Å². The summed E-state index contributed by atoms with van der Waals surface area (Å²) in [7, 11) is 0. The van der Waals surface area contributed by atoms with E-state index in [1.54, 1.807) is 31.2 Å². The highest BCUT2D eigenvalue weighted by Gasteiger charge is 2.15. The lowest BCUT2D eigenvalue weighted by Gasteiger charge is -2.19. The lowest BCUT2D eigenvalue weighted by molar-refractivity contribution is -0.124. The molecular formula is C25H31N3O4. The summed E-state index contributed by atoms with van der Waals surface area (Å²) in [5, 5.41) is 5.69. The predicted octanol–water partition coefficient (Wildman–Crippen LogP) is 3.79. The van der Waals surface area contributed by atoms with Gasteiger partial charge < -0.3 is 20.3 Å². The smallest absolute Gasteiger partial charge is 0.258 e. The van der Waals surface area contributed by atoms with Crippen LogP contribution in [0.3, 0.4) is 0 Å². The highest BCUT2D eigenvalue weighted by atomic mass is 16.5. The summed E-state index contributed by atoms with van der Waals surface area (Å²) < 4.78 is 5.47. The average Bonchev–Trinajstić information content (AvgIpc) is 3.32. The lowest BCUT2D eigenvalue weighted by atomic mass is 10.1. The summed E-state index contributed by atoms with van der Waals surface area (Å²) in [5.74, 6) is 0.101. The van der Waals surface area contributed by atoms with Gasteiger partial charge in [0.25, 0.3) is 5.91 Å². The lowest BCUT2D eigenvalue weighted by Crippen LogP contribution is -2.38. The molecule has 1 saturated heterocycles. The molecule has 2 aromatic rings. The molecule has 32 heavy (non-hydrogen) atoms. The van der Waals surface area contributed by atoms with E-state index in [1.165, 1.54) is 12.8 Å². The third-order valence-electron chi connectivity index (χ3n) is 5.37. The highest BCUT2D eigenvalue weighted by Crippen LogP contribution is 2.23. The number of carbonyl (C=O) groups is 3. The van der Waals surface area contributed by atoms with Gasteiger partial charge in [-0.3, -0.25) is 14.4 Å². The van der Waals surface area contributed by atoms with Crippen LogP contribution < -0.4 is 20.3 Å². The first-order valence-corrected chi connectivity index (χ1v) is 11.1. The first kappa shape index (κ1) is 23.3. The van der Waals surface area contributed by atoms with Crippen LogP contribution in [0.25, 0.3) is 0 Å². The minimum absolute atomic E-state index is 0.0594. The minimum Gasteiger partial charge on any atom is -0.484 e. The second-order valence-corrected chi connectivity index (χ2v) is 8.06. The molecule has 1 fully saturated rings. The molecular weight excluding hydrogens is 406 g/mol. The Morgan fingerprint density at radius 2 is 1.75 bits per heavy atom. The molecule has 170 valence electrons. The molecule has 1 unspecified atom stereocenters. The van der Waals surface area contributed by atoms with Gasteiger partial charge in [0.15, 0.2) is 12.4 Å². The topological polar surface area (TPSA) is 87.7 Å². The number of benzene rings is 2. The number of nitrogens with one attached hydrogen (secondary N) is 2. The van der Waals surface area contributed by atoms with Crippen molar-refractivity contribution >= 4 is 29.0 Å². The highest BCUT2D eigenvalue weighted by molar-refractivity contribution is 5.96. The average molecular weight is 438 g/mol.